The Balaban J connectivity index is 0. The molecule has 4 fully saturated rings. The van der Waals surface area contributed by atoms with Crippen molar-refractivity contribution in [2.75, 3.05) is 67.5 Å². The molecule has 0 bridgehead atoms. The van der Waals surface area contributed by atoms with Crippen LogP contribution in [0, 0.1) is 11.5 Å². The molecule has 7 rings (SSSR count). The first-order chi connectivity index (χ1) is 29.0. The molecule has 4 aliphatic heterocycles. The molecule has 0 aliphatic carbocycles. The number of piperidine rings is 4. The van der Waals surface area contributed by atoms with E-state index in [1.807, 2.05) is 36.8 Å². The van der Waals surface area contributed by atoms with Crippen LogP contribution in [-0.4, -0.2) is 124 Å². The van der Waals surface area contributed by atoms with Gasteiger partial charge in [0, 0.05) is 60.1 Å². The van der Waals surface area contributed by atoms with Gasteiger partial charge in [0.25, 0.3) is 6.47 Å². The summed E-state index contributed by atoms with van der Waals surface area (Å²) in [4.78, 5) is 46.6. The summed E-state index contributed by atoms with van der Waals surface area (Å²) < 4.78 is 3.63. The van der Waals surface area contributed by atoms with Gasteiger partial charge in [-0.15, -0.1) is 17.5 Å². The second kappa shape index (κ2) is 36.0. The van der Waals surface area contributed by atoms with Gasteiger partial charge < -0.3 is 27.5 Å². The number of nitrogens with zero attached hydrogens (tertiary/aromatic N) is 7. The normalized spacial score (nSPS) is 19.7. The van der Waals surface area contributed by atoms with Crippen LogP contribution in [-0.2, 0) is 42.8 Å². The van der Waals surface area contributed by atoms with E-state index in [-0.39, 0.29) is 141 Å². The number of carbonyl (C=O) groups is 3. The van der Waals surface area contributed by atoms with Crippen LogP contribution in [0.3, 0.4) is 0 Å². The van der Waals surface area contributed by atoms with E-state index in [2.05, 4.69) is 68.7 Å². The number of H-pyrrole nitrogens is 1. The number of aromatic amines is 1. The summed E-state index contributed by atoms with van der Waals surface area (Å²) in [7, 11) is -0.0432. The number of carbonyl (C=O) groups excluding carboxylic acids is 3. The third-order valence-electron chi connectivity index (χ3n) is 10.9. The van der Waals surface area contributed by atoms with Crippen molar-refractivity contribution < 1.29 is 129 Å². The van der Waals surface area contributed by atoms with Gasteiger partial charge in [-0.25, -0.2) is 5.10 Å². The Kier molecular flexibility index (Phi) is 36.0. The quantitative estimate of drug-likeness (QED) is 0.0790. The van der Waals surface area contributed by atoms with Crippen LogP contribution in [0.5, 0.6) is 0 Å². The van der Waals surface area contributed by atoms with Crippen LogP contribution in [0.2, 0.25) is 10.0 Å². The molecule has 15 nitrogen and oxygen atoms in total. The Morgan fingerprint density at radius 3 is 1.77 bits per heavy atom. The topological polar surface area (TPSA) is 209 Å². The van der Waals surface area contributed by atoms with Gasteiger partial charge in [0.15, 0.2) is 0 Å². The van der Waals surface area contributed by atoms with E-state index < -0.39 is 0 Å². The zero-order valence-corrected chi connectivity index (χ0v) is 47.0. The zero-order chi connectivity index (χ0) is 43.3. The van der Waals surface area contributed by atoms with E-state index >= 15 is 0 Å². The molecule has 0 radical (unpaired) electrons. The fourth-order valence-corrected chi connectivity index (χ4v) is 10.1. The molecule has 3 unspecified atom stereocenters. The van der Waals surface area contributed by atoms with Gasteiger partial charge in [0.1, 0.15) is 11.6 Å². The van der Waals surface area contributed by atoms with Crippen molar-refractivity contribution in [3.63, 3.8) is 0 Å². The molecule has 3 aromatic rings. The minimum atomic E-state index is -0.181. The first-order valence-corrected chi connectivity index (χ1v) is 24.0. The summed E-state index contributed by atoms with van der Waals surface area (Å²) in [5.74, 6) is 1.77. The van der Waals surface area contributed by atoms with Crippen LogP contribution < -0.4 is 124 Å². The van der Waals surface area contributed by atoms with Gasteiger partial charge in [-0.1, -0.05) is 65.6 Å². The second-order valence-electron chi connectivity index (χ2n) is 15.1. The van der Waals surface area contributed by atoms with Gasteiger partial charge in [-0.05, 0) is 112 Å². The second-order valence-corrected chi connectivity index (χ2v) is 18.9. The standard InChI is InChI=1S/C19H25ClN6O.C17H23ClN2O.C4H8N2S2.CH2O3.CH4.ClH.2K.H/c20-14-3-1-13(2-4-14)11-16-5-6-17(27)12-26(16)15-7-9-25(10-8-15)19-22-18(21)23-24-19;18-14-3-1-13(2-4-14)11-16-5-6-17(21)12-20(16)15-7-9-19-10-8-15;1-7-4-8(2)6-3-5;2-1-4-3;;;;;/h1-4,15-16H,5-12H2,(H3,21,22,23,24);1-4,15-16,19H,5-12H2;4H2,1-2H3;1,3H;1H4;1H;;;/q;;;;;;2*+1;-1/p-1. The fraction of sp³-hybridized carbons (Fsp3) is 0.571. The average molecular weight is 1040 g/mol. The maximum Gasteiger partial charge on any atom is 1.00 e. The predicted molar refractivity (Wildman–Crippen MR) is 254 cm³/mol. The van der Waals surface area contributed by atoms with E-state index in [0.717, 1.165) is 99.1 Å². The van der Waals surface area contributed by atoms with Crippen LogP contribution >= 0.6 is 47.4 Å². The van der Waals surface area contributed by atoms with Crippen molar-refractivity contribution in [2.24, 2.45) is 4.36 Å². The van der Waals surface area contributed by atoms with E-state index in [4.69, 9.17) is 44.2 Å². The maximum absolute atomic E-state index is 12.1. The van der Waals surface area contributed by atoms with E-state index in [0.29, 0.717) is 67.1 Å². The van der Waals surface area contributed by atoms with E-state index in [9.17, 15) is 9.59 Å². The van der Waals surface area contributed by atoms with Gasteiger partial charge >= 0.3 is 103 Å². The first-order valence-electron chi connectivity index (χ1n) is 20.1. The number of hydrogen-bond acceptors (Lipinski definition) is 15. The smallest absolute Gasteiger partial charge is 1.00 e. The Morgan fingerprint density at radius 1 is 0.922 bits per heavy atom. The number of benzene rings is 2. The minimum absolute atomic E-state index is 0. The van der Waals surface area contributed by atoms with Crippen molar-refractivity contribution in [2.45, 2.75) is 95.8 Å². The van der Waals surface area contributed by atoms with Crippen molar-refractivity contribution in [3.8, 4) is 6.19 Å². The number of nitrogen functional groups attached to an aromatic ring is 1. The predicted octanol–water partition coefficient (Wildman–Crippen LogP) is -0.214. The zero-order valence-electron chi connectivity index (χ0n) is 37.8. The molecular weight excluding hydrogens is 973 g/mol. The number of nitriles is 1. The van der Waals surface area contributed by atoms with Crippen LogP contribution in [0.15, 0.2) is 52.9 Å². The number of anilines is 2. The van der Waals surface area contributed by atoms with Crippen LogP contribution in [0.4, 0.5) is 11.9 Å². The summed E-state index contributed by atoms with van der Waals surface area (Å²) in [6.45, 7) is 4.92. The Morgan fingerprint density at radius 2 is 1.38 bits per heavy atom. The van der Waals surface area contributed by atoms with Gasteiger partial charge in [-0.3, -0.25) is 24.2 Å². The number of nitrogens with two attached hydrogens (primary N) is 1. The number of rotatable bonds is 10. The van der Waals surface area contributed by atoms with Crippen LogP contribution in [0.1, 0.15) is 71.3 Å². The molecule has 0 saturated carbocycles. The third-order valence-corrected chi connectivity index (χ3v) is 14.2. The summed E-state index contributed by atoms with van der Waals surface area (Å²) in [5.41, 5.74) is 8.23. The molecule has 3 atom stereocenters. The number of aromatic nitrogens is 3. The molecule has 22 heteroatoms. The number of hydrogen-bond donors (Lipinski definition) is 3. The first kappa shape index (κ1) is 64.0. The van der Waals surface area contributed by atoms with E-state index in [1.165, 1.54) is 11.1 Å². The molecule has 2 aromatic carbocycles. The van der Waals surface area contributed by atoms with Crippen LogP contribution in [0.25, 0.3) is 0 Å². The monoisotopic (exact) mass is 1030 g/mol. The van der Waals surface area contributed by atoms with Gasteiger partial charge in [0.05, 0.1) is 18.2 Å². The summed E-state index contributed by atoms with van der Waals surface area (Å²) in [6.07, 6.45) is 15.4. The molecular formula is C42H63Cl3K2N10O5S2. The van der Waals surface area contributed by atoms with Crippen molar-refractivity contribution >= 4 is 88.0 Å². The summed E-state index contributed by atoms with van der Waals surface area (Å²) in [6, 6.07) is 18.1. The van der Waals surface area contributed by atoms with Crippen molar-refractivity contribution in [1.29, 1.82) is 5.26 Å². The number of likely N-dealkylation sites (tertiary alicyclic amines) is 2. The SMILES string of the molecule is C.CSCS(C)=NC#N.Cl.Nc1nc(N2CCC(N3CC(=O)CCC3Cc3ccc(Cl)cc3)CC2)n[nH]1.O=C1CCC(Cc2ccc(Cl)cc2)N(C2CCNCC2)C1.O=CO[O-].[H-].[K+].[K+]. The number of nitrogens with one attached hydrogen (secondary N) is 2. The molecule has 0 amide bonds. The third kappa shape index (κ3) is 23.0. The molecule has 1 aromatic heterocycles. The molecule has 4 N–H and O–H groups in total. The van der Waals surface area contributed by atoms with Crippen molar-refractivity contribution in [1.82, 2.24) is 30.3 Å². The van der Waals surface area contributed by atoms with Gasteiger partial charge in [-0.2, -0.15) is 26.4 Å². The molecule has 64 heavy (non-hydrogen) atoms. The fourth-order valence-electron chi connectivity index (χ4n) is 8.10. The number of halogens is 3. The molecule has 4 aliphatic rings. The Hall–Kier alpha value is -0.0373. The summed E-state index contributed by atoms with van der Waals surface area (Å²) >= 11 is 13.7. The number of ketones is 2. The molecule has 5 heterocycles. The summed E-state index contributed by atoms with van der Waals surface area (Å²) in [5, 5.41) is 29.2. The molecule has 4 saturated heterocycles. The number of thioether (sulfide) groups is 1. The van der Waals surface area contributed by atoms with Crippen molar-refractivity contribution in [3.05, 3.63) is 69.7 Å². The number of Topliss-reactive ketones (excluding diaryl/α,β-unsaturated/α-hetero) is 2. The van der Waals surface area contributed by atoms with Gasteiger partial charge in [0.2, 0.25) is 18.1 Å². The average Bonchev–Trinajstić information content (AvgIpc) is 3.71. The Bertz CT molecular complexity index is 1860. The minimum Gasteiger partial charge on any atom is -1.00 e. The Labute approximate surface area is 489 Å². The maximum atomic E-state index is 12.1. The largest absolute Gasteiger partial charge is 1.00 e. The van der Waals surface area contributed by atoms with E-state index in [1.54, 1.807) is 18.0 Å². The molecule has 346 valence electrons. The molecule has 0 spiro atoms.